The van der Waals surface area contributed by atoms with Gasteiger partial charge in [-0.2, -0.15) is 13.2 Å². The summed E-state index contributed by atoms with van der Waals surface area (Å²) in [4.78, 5) is 24.4. The van der Waals surface area contributed by atoms with Crippen LogP contribution in [0.25, 0.3) is 11.3 Å². The van der Waals surface area contributed by atoms with Gasteiger partial charge in [0.1, 0.15) is 6.04 Å². The Morgan fingerprint density at radius 3 is 2.47 bits per heavy atom. The number of aromatic nitrogens is 3. The van der Waals surface area contributed by atoms with Crippen LogP contribution in [0.1, 0.15) is 24.2 Å². The standard InChI is InChI=1S/C23H17ClF5N5OS/c24-16-10-30-19(13-8-32-22(33-9-13)23(27,28)29)5-12(16)7-31-21(35)20-11-3-14(4-11)34(20)36-15-1-2-17(25)18(26)6-15/h1-2,5-6,8-11,14,20H,3-4,7H2,(H,31,35)/t11?,14?,20-/m0/s1. The molecule has 1 aromatic carbocycles. The van der Waals surface area contributed by atoms with Crippen molar-refractivity contribution in [3.8, 4) is 11.3 Å². The van der Waals surface area contributed by atoms with Gasteiger partial charge in [0.05, 0.1) is 10.7 Å². The molecule has 0 unspecified atom stereocenters. The topological polar surface area (TPSA) is 71.0 Å². The average Bonchev–Trinajstić information content (AvgIpc) is 3.34. The summed E-state index contributed by atoms with van der Waals surface area (Å²) in [6.45, 7) is 0.0618. The zero-order valence-electron chi connectivity index (χ0n) is 18.3. The molecule has 3 fully saturated rings. The Morgan fingerprint density at radius 1 is 1.08 bits per heavy atom. The van der Waals surface area contributed by atoms with E-state index in [0.29, 0.717) is 16.2 Å². The zero-order valence-corrected chi connectivity index (χ0v) is 19.8. The lowest BCUT2D eigenvalue weighted by molar-refractivity contribution is -0.145. The van der Waals surface area contributed by atoms with Crippen molar-refractivity contribution in [2.45, 2.75) is 42.5 Å². The van der Waals surface area contributed by atoms with Gasteiger partial charge in [-0.05, 0) is 60.5 Å². The van der Waals surface area contributed by atoms with Gasteiger partial charge in [0.15, 0.2) is 11.6 Å². The number of pyridine rings is 1. The van der Waals surface area contributed by atoms with Crippen molar-refractivity contribution in [3.05, 3.63) is 70.9 Å². The quantitative estimate of drug-likeness (QED) is 0.338. The highest BCUT2D eigenvalue weighted by Crippen LogP contribution is 2.50. The van der Waals surface area contributed by atoms with E-state index < -0.39 is 29.7 Å². The number of benzene rings is 1. The van der Waals surface area contributed by atoms with Crippen molar-refractivity contribution in [1.82, 2.24) is 24.6 Å². The van der Waals surface area contributed by atoms with Crippen molar-refractivity contribution in [2.24, 2.45) is 5.92 Å². The molecule has 13 heteroatoms. The van der Waals surface area contributed by atoms with Crippen molar-refractivity contribution in [1.29, 1.82) is 0 Å². The first-order valence-electron chi connectivity index (χ1n) is 10.8. The molecule has 2 saturated heterocycles. The highest BCUT2D eigenvalue weighted by atomic mass is 35.5. The smallest absolute Gasteiger partial charge is 0.351 e. The maximum absolute atomic E-state index is 13.6. The molecule has 1 aliphatic carbocycles. The minimum atomic E-state index is -4.65. The molecule has 0 radical (unpaired) electrons. The largest absolute Gasteiger partial charge is 0.451 e. The number of hydrogen-bond donors (Lipinski definition) is 1. The van der Waals surface area contributed by atoms with E-state index in [1.807, 2.05) is 4.31 Å². The van der Waals surface area contributed by atoms with Gasteiger partial charge < -0.3 is 5.32 Å². The van der Waals surface area contributed by atoms with E-state index in [1.54, 1.807) is 6.07 Å². The summed E-state index contributed by atoms with van der Waals surface area (Å²) in [5.41, 5.74) is 1.08. The molecule has 188 valence electrons. The van der Waals surface area contributed by atoms with Crippen LogP contribution in [0.2, 0.25) is 5.02 Å². The Kier molecular flexibility index (Phi) is 6.60. The molecule has 2 aliphatic heterocycles. The van der Waals surface area contributed by atoms with Crippen LogP contribution < -0.4 is 5.32 Å². The van der Waals surface area contributed by atoms with Crippen molar-refractivity contribution < 1.29 is 26.7 Å². The van der Waals surface area contributed by atoms with E-state index in [2.05, 4.69) is 20.3 Å². The molecule has 1 atom stereocenters. The second kappa shape index (κ2) is 9.56. The minimum Gasteiger partial charge on any atom is -0.351 e. The summed E-state index contributed by atoms with van der Waals surface area (Å²) in [5, 5.41) is 3.14. The monoisotopic (exact) mass is 541 g/mol. The summed E-state index contributed by atoms with van der Waals surface area (Å²) in [6, 6.07) is 4.90. The molecule has 1 N–H and O–H groups in total. The third-order valence-corrected chi connectivity index (χ3v) is 7.73. The summed E-state index contributed by atoms with van der Waals surface area (Å²) in [5.74, 6) is -3.22. The highest BCUT2D eigenvalue weighted by molar-refractivity contribution is 7.97. The molecule has 0 spiro atoms. The maximum atomic E-state index is 13.6. The zero-order chi connectivity index (χ0) is 25.6. The molecule has 6 rings (SSSR count). The van der Waals surface area contributed by atoms with Gasteiger partial charge in [-0.1, -0.05) is 11.6 Å². The van der Waals surface area contributed by atoms with Crippen LogP contribution in [0.5, 0.6) is 0 Å². The molecule has 2 bridgehead atoms. The molecule has 6 nitrogen and oxygen atoms in total. The van der Waals surface area contributed by atoms with Crippen molar-refractivity contribution in [3.63, 3.8) is 0 Å². The van der Waals surface area contributed by atoms with Gasteiger partial charge in [-0.25, -0.2) is 23.1 Å². The lowest BCUT2D eigenvalue weighted by Gasteiger charge is -2.24. The predicted molar refractivity (Wildman–Crippen MR) is 121 cm³/mol. The number of nitrogens with zero attached hydrogens (tertiary/aromatic N) is 4. The van der Waals surface area contributed by atoms with Gasteiger partial charge in [0, 0.05) is 41.6 Å². The molecule has 2 aromatic heterocycles. The van der Waals surface area contributed by atoms with E-state index >= 15 is 0 Å². The summed E-state index contributed by atoms with van der Waals surface area (Å²) >= 11 is 7.46. The fourth-order valence-electron chi connectivity index (χ4n) is 4.31. The lowest BCUT2D eigenvalue weighted by Crippen LogP contribution is -2.40. The van der Waals surface area contributed by atoms with E-state index in [0.717, 1.165) is 37.4 Å². The fourth-order valence-corrected chi connectivity index (χ4v) is 5.72. The van der Waals surface area contributed by atoms with Gasteiger partial charge >= 0.3 is 6.18 Å². The second-order valence-corrected chi connectivity index (χ2v) is 10.0. The number of halogens is 6. The first-order chi connectivity index (χ1) is 17.1. The normalized spacial score (nSPS) is 21.3. The van der Waals surface area contributed by atoms with Crippen molar-refractivity contribution in [2.75, 3.05) is 0 Å². The second-order valence-electron chi connectivity index (χ2n) is 8.53. The molecule has 4 heterocycles. The van der Waals surface area contributed by atoms with Crippen LogP contribution in [-0.4, -0.2) is 37.2 Å². The molecule has 1 saturated carbocycles. The van der Waals surface area contributed by atoms with E-state index in [-0.39, 0.29) is 35.0 Å². The van der Waals surface area contributed by atoms with Crippen LogP contribution in [0, 0.1) is 17.6 Å². The average molecular weight is 542 g/mol. The summed E-state index contributed by atoms with van der Waals surface area (Å²) in [6.07, 6.45) is 0.403. The highest BCUT2D eigenvalue weighted by Gasteiger charge is 2.54. The Hall–Kier alpha value is -2.83. The minimum absolute atomic E-state index is 0.0618. The Morgan fingerprint density at radius 2 is 1.81 bits per heavy atom. The van der Waals surface area contributed by atoms with Crippen LogP contribution in [-0.2, 0) is 17.5 Å². The first-order valence-corrected chi connectivity index (χ1v) is 12.0. The third kappa shape index (κ3) is 4.89. The van der Waals surface area contributed by atoms with Gasteiger partial charge in [0.2, 0.25) is 11.7 Å². The number of alkyl halides is 3. The van der Waals surface area contributed by atoms with Crippen LogP contribution in [0.3, 0.4) is 0 Å². The fraction of sp³-hybridized carbons (Fsp3) is 0.304. The number of fused-ring (bicyclic) bond motifs is 1. The summed E-state index contributed by atoms with van der Waals surface area (Å²) in [7, 11) is 0. The number of carbonyl (C=O) groups excluding carboxylic acids is 1. The van der Waals surface area contributed by atoms with Crippen LogP contribution in [0.4, 0.5) is 22.0 Å². The van der Waals surface area contributed by atoms with E-state index in [1.165, 1.54) is 24.2 Å². The molecule has 3 aromatic rings. The number of rotatable bonds is 6. The number of amides is 1. The Bertz CT molecular complexity index is 1300. The third-order valence-electron chi connectivity index (χ3n) is 6.19. The van der Waals surface area contributed by atoms with Crippen LogP contribution in [0.15, 0.2) is 47.8 Å². The number of nitrogens with one attached hydrogen (secondary N) is 1. The van der Waals surface area contributed by atoms with E-state index in [4.69, 9.17) is 11.6 Å². The van der Waals surface area contributed by atoms with Gasteiger partial charge in [-0.15, -0.1) is 0 Å². The van der Waals surface area contributed by atoms with Gasteiger partial charge in [0.25, 0.3) is 0 Å². The van der Waals surface area contributed by atoms with E-state index in [9.17, 15) is 26.7 Å². The Balaban J connectivity index is 1.27. The van der Waals surface area contributed by atoms with Crippen LogP contribution >= 0.6 is 23.5 Å². The molecular weight excluding hydrogens is 525 g/mol. The van der Waals surface area contributed by atoms with Crippen molar-refractivity contribution >= 4 is 29.5 Å². The first kappa shape index (κ1) is 24.8. The lowest BCUT2D eigenvalue weighted by atomic mass is 9.83. The molecule has 1 amide bonds. The van der Waals surface area contributed by atoms with Gasteiger partial charge in [-0.3, -0.25) is 9.78 Å². The SMILES string of the molecule is O=C(NCc1cc(-c2cnc(C(F)(F)F)nc2)ncc1Cl)[C@@H]1C2CC(C2)N1Sc1ccc(F)c(F)c1. The maximum Gasteiger partial charge on any atom is 0.451 e. The molecule has 36 heavy (non-hydrogen) atoms. The number of carbonyl (C=O) groups is 1. The Labute approximate surface area is 211 Å². The predicted octanol–water partition coefficient (Wildman–Crippen LogP) is 5.28. The molecule has 3 aliphatic rings. The number of hydrogen-bond acceptors (Lipinski definition) is 6. The summed E-state index contributed by atoms with van der Waals surface area (Å²) < 4.78 is 67.0. The molecular formula is C23H17ClF5N5OS.